The first kappa shape index (κ1) is 19.3. The van der Waals surface area contributed by atoms with Gasteiger partial charge in [-0.2, -0.15) is 13.1 Å². The van der Waals surface area contributed by atoms with E-state index in [2.05, 4.69) is 52.2 Å². The molecule has 13 heavy (non-hydrogen) atoms. The monoisotopic (exact) mass is 196 g/mol. The maximum absolute atomic E-state index is 4.12. The van der Waals surface area contributed by atoms with Crippen LogP contribution in [0.3, 0.4) is 0 Å². The average molecular weight is 197 g/mol. The van der Waals surface area contributed by atoms with Crippen LogP contribution in [-0.4, -0.2) is 48.2 Å². The third-order valence-corrected chi connectivity index (χ3v) is 1.10. The van der Waals surface area contributed by atoms with Crippen molar-refractivity contribution in [2.45, 2.75) is 53.6 Å². The Hall–Kier alpha value is 0.686. The summed E-state index contributed by atoms with van der Waals surface area (Å²) in [7, 11) is 0. The first-order valence-electron chi connectivity index (χ1n) is 4.87. The molecule has 0 fully saturated rings. The Kier molecular flexibility index (Phi) is 22.5. The van der Waals surface area contributed by atoms with Gasteiger partial charge in [0.25, 0.3) is 0 Å². The predicted molar refractivity (Wildman–Crippen MR) is 63.8 cm³/mol. The van der Waals surface area contributed by atoms with Crippen LogP contribution in [0.1, 0.15) is 41.5 Å². The van der Waals surface area contributed by atoms with Crippen LogP contribution in [0.4, 0.5) is 0 Å². The van der Waals surface area contributed by atoms with Crippen LogP contribution in [0.5, 0.6) is 0 Å². The van der Waals surface area contributed by atoms with Crippen molar-refractivity contribution in [3.05, 3.63) is 10.6 Å². The van der Waals surface area contributed by atoms with Crippen LogP contribution < -0.4 is 0 Å². The van der Waals surface area contributed by atoms with Crippen LogP contribution in [0.15, 0.2) is 0 Å². The number of nitrogens with zero attached hydrogens (tertiary/aromatic N) is 2. The van der Waals surface area contributed by atoms with E-state index in [1.807, 2.05) is 0 Å². The SMILES string of the molecule is CC[N-]C(C)C.CC[N-]C(C)C.[Mg+2]. The van der Waals surface area contributed by atoms with E-state index in [4.69, 9.17) is 0 Å². The predicted octanol–water partition coefficient (Wildman–Crippen LogP) is 3.20. The summed E-state index contributed by atoms with van der Waals surface area (Å²) in [5.74, 6) is 0. The third-order valence-electron chi connectivity index (χ3n) is 1.10. The normalized spacial score (nSPS) is 9.23. The second-order valence-electron chi connectivity index (χ2n) is 3.19. The zero-order valence-electron chi connectivity index (χ0n) is 10.2. The molecule has 3 heteroatoms. The molecule has 0 rings (SSSR count). The van der Waals surface area contributed by atoms with Gasteiger partial charge in [-0.15, -0.1) is 12.1 Å². The van der Waals surface area contributed by atoms with Crippen molar-refractivity contribution >= 4 is 23.1 Å². The minimum absolute atomic E-state index is 0. The van der Waals surface area contributed by atoms with E-state index in [1.54, 1.807) is 0 Å². The molecular formula is C10H24MgN2. The van der Waals surface area contributed by atoms with E-state index in [0.717, 1.165) is 13.1 Å². The quantitative estimate of drug-likeness (QED) is 0.618. The number of rotatable bonds is 4. The molecule has 0 radical (unpaired) electrons. The van der Waals surface area contributed by atoms with Gasteiger partial charge in [-0.25, -0.2) is 0 Å². The first-order chi connectivity index (χ1) is 5.54. The van der Waals surface area contributed by atoms with Crippen molar-refractivity contribution in [1.82, 2.24) is 0 Å². The molecule has 2 nitrogen and oxygen atoms in total. The average Bonchev–Trinajstić information content (AvgIpc) is 1.87. The smallest absolute Gasteiger partial charge is 0.660 e. The Bertz CT molecular complexity index is 65.3. The molecule has 0 N–H and O–H groups in total. The van der Waals surface area contributed by atoms with Crippen LogP contribution in [0.2, 0.25) is 0 Å². The van der Waals surface area contributed by atoms with Crippen molar-refractivity contribution in [1.29, 1.82) is 0 Å². The molecule has 0 aliphatic rings. The van der Waals surface area contributed by atoms with Crippen LogP contribution in [0.25, 0.3) is 10.6 Å². The molecule has 0 aromatic rings. The largest absolute Gasteiger partial charge is 2.00 e. The summed E-state index contributed by atoms with van der Waals surface area (Å²) >= 11 is 0. The summed E-state index contributed by atoms with van der Waals surface area (Å²) in [6, 6.07) is 1.05. The fourth-order valence-electron chi connectivity index (χ4n) is 0.730. The molecule has 0 aliphatic carbocycles. The molecule has 0 saturated carbocycles. The first-order valence-corrected chi connectivity index (χ1v) is 4.87. The summed E-state index contributed by atoms with van der Waals surface area (Å²) < 4.78 is 0. The van der Waals surface area contributed by atoms with E-state index in [0.29, 0.717) is 12.1 Å². The van der Waals surface area contributed by atoms with E-state index >= 15 is 0 Å². The Labute approximate surface area is 100 Å². The van der Waals surface area contributed by atoms with E-state index in [-0.39, 0.29) is 23.1 Å². The van der Waals surface area contributed by atoms with Crippen molar-refractivity contribution < 1.29 is 0 Å². The molecular weight excluding hydrogens is 172 g/mol. The molecule has 0 aromatic carbocycles. The van der Waals surface area contributed by atoms with Crippen molar-refractivity contribution in [2.75, 3.05) is 13.1 Å². The van der Waals surface area contributed by atoms with Gasteiger partial charge in [0, 0.05) is 0 Å². The van der Waals surface area contributed by atoms with Gasteiger partial charge in [-0.3, -0.25) is 0 Å². The standard InChI is InChI=1S/2C5H12N.Mg/c2*1-4-6-5(2)3;/h2*5H,4H2,1-3H3;/q2*-1;+2. The van der Waals surface area contributed by atoms with Crippen molar-refractivity contribution in [2.24, 2.45) is 0 Å². The summed E-state index contributed by atoms with van der Waals surface area (Å²) in [6.45, 7) is 14.4. The number of hydrogen-bond acceptors (Lipinski definition) is 0. The molecule has 0 aliphatic heterocycles. The second kappa shape index (κ2) is 15.2. The fraction of sp³-hybridized carbons (Fsp3) is 1.00. The molecule has 0 atom stereocenters. The van der Waals surface area contributed by atoms with E-state index in [1.165, 1.54) is 0 Å². The Morgan fingerprint density at radius 2 is 1.00 bits per heavy atom. The van der Waals surface area contributed by atoms with Gasteiger partial charge in [-0.05, 0) is 0 Å². The third kappa shape index (κ3) is 32.4. The van der Waals surface area contributed by atoms with E-state index < -0.39 is 0 Å². The summed E-state index contributed by atoms with van der Waals surface area (Å²) in [6.07, 6.45) is 0. The zero-order valence-corrected chi connectivity index (χ0v) is 11.6. The fourth-order valence-corrected chi connectivity index (χ4v) is 0.730. The minimum atomic E-state index is 0. The van der Waals surface area contributed by atoms with Crippen molar-refractivity contribution in [3.8, 4) is 0 Å². The Morgan fingerprint density at radius 3 is 1.00 bits per heavy atom. The zero-order chi connectivity index (χ0) is 9.98. The molecule has 0 bridgehead atoms. The molecule has 0 heterocycles. The molecule has 0 spiro atoms. The van der Waals surface area contributed by atoms with Gasteiger partial charge >= 0.3 is 23.1 Å². The van der Waals surface area contributed by atoms with Crippen LogP contribution in [0, 0.1) is 0 Å². The summed E-state index contributed by atoms with van der Waals surface area (Å²) in [5.41, 5.74) is 0. The van der Waals surface area contributed by atoms with Gasteiger partial charge in [-0.1, -0.05) is 41.5 Å². The second-order valence-corrected chi connectivity index (χ2v) is 3.19. The summed E-state index contributed by atoms with van der Waals surface area (Å²) in [4.78, 5) is 0. The summed E-state index contributed by atoms with van der Waals surface area (Å²) in [5, 5.41) is 8.25. The van der Waals surface area contributed by atoms with Crippen LogP contribution >= 0.6 is 0 Å². The molecule has 0 amide bonds. The maximum atomic E-state index is 4.12. The van der Waals surface area contributed by atoms with Crippen molar-refractivity contribution in [3.63, 3.8) is 0 Å². The van der Waals surface area contributed by atoms with Gasteiger partial charge in [0.2, 0.25) is 0 Å². The molecule has 0 saturated heterocycles. The number of hydrogen-bond donors (Lipinski definition) is 0. The Morgan fingerprint density at radius 1 is 0.769 bits per heavy atom. The van der Waals surface area contributed by atoms with Gasteiger partial charge in [0.15, 0.2) is 0 Å². The Balaban J connectivity index is -0.000000143. The maximum Gasteiger partial charge on any atom is 2.00 e. The van der Waals surface area contributed by atoms with Gasteiger partial charge in [0.1, 0.15) is 0 Å². The topological polar surface area (TPSA) is 28.2 Å². The van der Waals surface area contributed by atoms with E-state index in [9.17, 15) is 0 Å². The minimum Gasteiger partial charge on any atom is -0.660 e. The van der Waals surface area contributed by atoms with Gasteiger partial charge < -0.3 is 10.6 Å². The van der Waals surface area contributed by atoms with Crippen LogP contribution in [-0.2, 0) is 0 Å². The van der Waals surface area contributed by atoms with Gasteiger partial charge in [0.05, 0.1) is 0 Å². The molecule has 0 unspecified atom stereocenters. The molecule has 76 valence electrons. The molecule has 0 aromatic heterocycles.